The molecule has 0 amide bonds. The number of rotatable bonds is 2. The Labute approximate surface area is 67.5 Å². The number of benzene rings is 1. The second-order valence-corrected chi connectivity index (χ2v) is 2.49. The summed E-state index contributed by atoms with van der Waals surface area (Å²) in [6, 6.07) is 10.2. The van der Waals surface area contributed by atoms with E-state index in [9.17, 15) is 0 Å². The molecule has 1 heteroatoms. The number of hydrogen-bond acceptors (Lipinski definition) is 1. The molecule has 0 spiro atoms. The number of hydrogen-bond donors (Lipinski definition) is 1. The molecule has 0 aliphatic heterocycles. The average Bonchev–Trinajstić information content (AvgIpc) is 2.07. The van der Waals surface area contributed by atoms with Gasteiger partial charge in [0.05, 0.1) is 0 Å². The molecule has 1 aromatic carbocycles. The standard InChI is InChI=1S/C10H13N/c1-9(7-8-11)10-5-3-2-4-6-10/h2-7H,8,11H2,1H3. The zero-order valence-electron chi connectivity index (χ0n) is 6.75. The molecule has 0 saturated heterocycles. The van der Waals surface area contributed by atoms with Crippen molar-refractivity contribution in [1.29, 1.82) is 0 Å². The fourth-order valence-corrected chi connectivity index (χ4v) is 0.996. The predicted molar refractivity (Wildman–Crippen MR) is 49.1 cm³/mol. The van der Waals surface area contributed by atoms with Crippen LogP contribution in [0.15, 0.2) is 36.4 Å². The first-order chi connectivity index (χ1) is 5.34. The van der Waals surface area contributed by atoms with Crippen molar-refractivity contribution in [2.24, 2.45) is 5.73 Å². The Morgan fingerprint density at radius 2 is 2.00 bits per heavy atom. The summed E-state index contributed by atoms with van der Waals surface area (Å²) in [7, 11) is 0. The van der Waals surface area contributed by atoms with Crippen LogP contribution < -0.4 is 5.73 Å². The lowest BCUT2D eigenvalue weighted by molar-refractivity contribution is 1.25. The normalized spacial score (nSPS) is 11.6. The van der Waals surface area contributed by atoms with Crippen LogP contribution >= 0.6 is 0 Å². The monoisotopic (exact) mass is 147 g/mol. The van der Waals surface area contributed by atoms with Crippen LogP contribution in [0.4, 0.5) is 0 Å². The molecule has 0 aromatic heterocycles. The third-order valence-corrected chi connectivity index (χ3v) is 1.65. The van der Waals surface area contributed by atoms with E-state index >= 15 is 0 Å². The van der Waals surface area contributed by atoms with Gasteiger partial charge in [0.2, 0.25) is 0 Å². The lowest BCUT2D eigenvalue weighted by atomic mass is 10.1. The van der Waals surface area contributed by atoms with Gasteiger partial charge in [-0.1, -0.05) is 36.4 Å². The molecule has 1 nitrogen and oxygen atoms in total. The van der Waals surface area contributed by atoms with Gasteiger partial charge >= 0.3 is 0 Å². The highest BCUT2D eigenvalue weighted by Crippen LogP contribution is 2.11. The second-order valence-electron chi connectivity index (χ2n) is 2.49. The minimum atomic E-state index is 0.612. The largest absolute Gasteiger partial charge is 0.327 e. The van der Waals surface area contributed by atoms with E-state index in [-0.39, 0.29) is 0 Å². The van der Waals surface area contributed by atoms with Gasteiger partial charge in [0.15, 0.2) is 0 Å². The van der Waals surface area contributed by atoms with Crippen molar-refractivity contribution >= 4 is 5.57 Å². The Kier molecular flexibility index (Phi) is 2.87. The molecule has 0 bridgehead atoms. The van der Waals surface area contributed by atoms with Crippen molar-refractivity contribution in [3.05, 3.63) is 42.0 Å². The van der Waals surface area contributed by atoms with E-state index in [0.29, 0.717) is 6.54 Å². The fraction of sp³-hybridized carbons (Fsp3) is 0.200. The van der Waals surface area contributed by atoms with Gasteiger partial charge in [-0.3, -0.25) is 0 Å². The summed E-state index contributed by atoms with van der Waals surface area (Å²) < 4.78 is 0. The van der Waals surface area contributed by atoms with E-state index in [1.807, 2.05) is 24.3 Å². The van der Waals surface area contributed by atoms with Crippen LogP contribution in [0, 0.1) is 0 Å². The number of nitrogens with two attached hydrogens (primary N) is 1. The van der Waals surface area contributed by atoms with Crippen molar-refractivity contribution in [3.8, 4) is 0 Å². The maximum absolute atomic E-state index is 5.39. The van der Waals surface area contributed by atoms with Gasteiger partial charge in [-0.05, 0) is 18.1 Å². The number of allylic oxidation sites excluding steroid dienone is 1. The highest BCUT2D eigenvalue weighted by Gasteiger charge is 1.90. The highest BCUT2D eigenvalue weighted by molar-refractivity contribution is 5.63. The summed E-state index contributed by atoms with van der Waals surface area (Å²) in [5, 5.41) is 0. The van der Waals surface area contributed by atoms with Gasteiger partial charge in [0.1, 0.15) is 0 Å². The molecule has 58 valence electrons. The smallest absolute Gasteiger partial charge is 0.0112 e. The zero-order chi connectivity index (χ0) is 8.10. The maximum atomic E-state index is 5.39. The van der Waals surface area contributed by atoms with E-state index < -0.39 is 0 Å². The van der Waals surface area contributed by atoms with Crippen molar-refractivity contribution in [2.75, 3.05) is 6.54 Å². The molecule has 0 heterocycles. The summed E-state index contributed by atoms with van der Waals surface area (Å²) in [6.45, 7) is 2.68. The molecular weight excluding hydrogens is 134 g/mol. The predicted octanol–water partition coefficient (Wildman–Crippen LogP) is 2.05. The molecule has 1 aromatic rings. The van der Waals surface area contributed by atoms with Gasteiger partial charge in [-0.25, -0.2) is 0 Å². The van der Waals surface area contributed by atoms with E-state index in [4.69, 9.17) is 5.73 Å². The Hall–Kier alpha value is -1.08. The SMILES string of the molecule is CC(=CCN)c1ccccc1. The summed E-state index contributed by atoms with van der Waals surface area (Å²) >= 11 is 0. The Morgan fingerprint density at radius 1 is 1.36 bits per heavy atom. The van der Waals surface area contributed by atoms with Crippen LogP contribution in [0.25, 0.3) is 5.57 Å². The Morgan fingerprint density at radius 3 is 2.55 bits per heavy atom. The Bertz CT molecular complexity index is 236. The van der Waals surface area contributed by atoms with Crippen LogP contribution in [-0.2, 0) is 0 Å². The summed E-state index contributed by atoms with van der Waals surface area (Å²) in [5.41, 5.74) is 7.88. The molecule has 0 fully saturated rings. The third kappa shape index (κ3) is 2.20. The first-order valence-electron chi connectivity index (χ1n) is 3.77. The van der Waals surface area contributed by atoms with Crippen LogP contribution in [0.3, 0.4) is 0 Å². The van der Waals surface area contributed by atoms with E-state index in [1.54, 1.807) is 0 Å². The molecule has 11 heavy (non-hydrogen) atoms. The molecule has 0 unspecified atom stereocenters. The summed E-state index contributed by atoms with van der Waals surface area (Å²) in [6.07, 6.45) is 2.02. The topological polar surface area (TPSA) is 26.0 Å². The highest BCUT2D eigenvalue weighted by atomic mass is 14.5. The first kappa shape index (κ1) is 8.02. The molecule has 0 saturated carbocycles. The molecule has 0 atom stereocenters. The first-order valence-corrected chi connectivity index (χ1v) is 3.77. The Balaban J connectivity index is 2.85. The molecule has 0 radical (unpaired) electrons. The minimum Gasteiger partial charge on any atom is -0.327 e. The summed E-state index contributed by atoms with van der Waals surface area (Å²) in [4.78, 5) is 0. The fourth-order valence-electron chi connectivity index (χ4n) is 0.996. The summed E-state index contributed by atoms with van der Waals surface area (Å²) in [5.74, 6) is 0. The quantitative estimate of drug-likeness (QED) is 0.680. The van der Waals surface area contributed by atoms with Crippen molar-refractivity contribution in [2.45, 2.75) is 6.92 Å². The van der Waals surface area contributed by atoms with Crippen LogP contribution in [-0.4, -0.2) is 6.54 Å². The third-order valence-electron chi connectivity index (χ3n) is 1.65. The van der Waals surface area contributed by atoms with E-state index in [0.717, 1.165) is 0 Å². The molecule has 0 aliphatic rings. The lowest BCUT2D eigenvalue weighted by Crippen LogP contribution is -1.94. The van der Waals surface area contributed by atoms with Gasteiger partial charge in [-0.15, -0.1) is 0 Å². The molecule has 0 aliphatic carbocycles. The van der Waals surface area contributed by atoms with E-state index in [2.05, 4.69) is 19.1 Å². The second kappa shape index (κ2) is 3.94. The van der Waals surface area contributed by atoms with Gasteiger partial charge < -0.3 is 5.73 Å². The van der Waals surface area contributed by atoms with Crippen LogP contribution in [0.1, 0.15) is 12.5 Å². The molecule has 1 rings (SSSR count). The lowest BCUT2D eigenvalue weighted by Gasteiger charge is -1.98. The van der Waals surface area contributed by atoms with Gasteiger partial charge in [0.25, 0.3) is 0 Å². The minimum absolute atomic E-state index is 0.612. The maximum Gasteiger partial charge on any atom is 0.0112 e. The van der Waals surface area contributed by atoms with Crippen LogP contribution in [0.5, 0.6) is 0 Å². The van der Waals surface area contributed by atoms with E-state index in [1.165, 1.54) is 11.1 Å². The van der Waals surface area contributed by atoms with Crippen molar-refractivity contribution in [1.82, 2.24) is 0 Å². The van der Waals surface area contributed by atoms with Gasteiger partial charge in [-0.2, -0.15) is 0 Å². The average molecular weight is 147 g/mol. The zero-order valence-corrected chi connectivity index (χ0v) is 6.75. The van der Waals surface area contributed by atoms with Gasteiger partial charge in [0, 0.05) is 6.54 Å². The van der Waals surface area contributed by atoms with Crippen LogP contribution in [0.2, 0.25) is 0 Å². The molecule has 2 N–H and O–H groups in total. The molecular formula is C10H13N. The van der Waals surface area contributed by atoms with Crippen molar-refractivity contribution in [3.63, 3.8) is 0 Å². The van der Waals surface area contributed by atoms with Crippen molar-refractivity contribution < 1.29 is 0 Å².